The van der Waals surface area contributed by atoms with Crippen LogP contribution in [0.25, 0.3) is 22.4 Å². The van der Waals surface area contributed by atoms with Crippen LogP contribution >= 0.6 is 0 Å². The molecule has 0 radical (unpaired) electrons. The third-order valence-corrected chi connectivity index (χ3v) is 9.84. The van der Waals surface area contributed by atoms with Crippen LogP contribution in [0.1, 0.15) is 98.3 Å². The number of aromatic amines is 1. The molecule has 0 saturated heterocycles. The number of carbonyl (C=O) groups excluding carboxylic acids is 2. The number of nitrogens with one attached hydrogen (secondary N) is 3. The van der Waals surface area contributed by atoms with E-state index in [-0.39, 0.29) is 17.4 Å². The standard InChI is InChI=1S/C32H38N4O2/c1-31-15-20-13-21(16-31)18-32(17-20,19-31)36-30(38)24-11-12-26-27(14-24)35-28(34-26)22-7-9-23(10-8-22)29(37)33-25-5-3-2-4-6-25/h7-12,14,20-21,25H,2-6,13,15-19H2,1H3,(H,33,37)(H,34,35)(H,36,38)/t20-,21+,31?,32?. The van der Waals surface area contributed by atoms with Gasteiger partial charge in [0, 0.05) is 28.3 Å². The number of imidazole rings is 1. The largest absolute Gasteiger partial charge is 0.349 e. The third-order valence-electron chi connectivity index (χ3n) is 9.84. The van der Waals surface area contributed by atoms with Gasteiger partial charge in [-0.25, -0.2) is 4.98 Å². The summed E-state index contributed by atoms with van der Waals surface area (Å²) < 4.78 is 0. The van der Waals surface area contributed by atoms with Crippen LogP contribution in [0.3, 0.4) is 0 Å². The summed E-state index contributed by atoms with van der Waals surface area (Å²) in [6.45, 7) is 2.43. The SMILES string of the molecule is CC12C[C@H]3C[C@@H](C1)CC(NC(=O)c1ccc4nc(-c5ccc(C(=O)NC6CCCCC6)cc5)[nH]c4c1)(C3)C2. The number of aromatic nitrogens is 2. The Balaban J connectivity index is 1.06. The lowest BCUT2D eigenvalue weighted by Gasteiger charge is -2.61. The van der Waals surface area contributed by atoms with Crippen molar-refractivity contribution in [2.45, 2.75) is 89.1 Å². The van der Waals surface area contributed by atoms with Crippen LogP contribution in [0.2, 0.25) is 0 Å². The van der Waals surface area contributed by atoms with E-state index >= 15 is 0 Å². The van der Waals surface area contributed by atoms with E-state index in [1.165, 1.54) is 38.5 Å². The summed E-state index contributed by atoms with van der Waals surface area (Å²) in [5.41, 5.74) is 4.32. The number of nitrogens with zero attached hydrogens (tertiary/aromatic N) is 1. The number of fused-ring (bicyclic) bond motifs is 1. The minimum Gasteiger partial charge on any atom is -0.349 e. The molecule has 5 aliphatic carbocycles. The van der Waals surface area contributed by atoms with E-state index in [1.807, 2.05) is 42.5 Å². The fourth-order valence-electron chi connectivity index (χ4n) is 8.76. The van der Waals surface area contributed by atoms with Gasteiger partial charge in [0.15, 0.2) is 0 Å². The van der Waals surface area contributed by atoms with Crippen LogP contribution in [-0.4, -0.2) is 33.4 Å². The van der Waals surface area contributed by atoms with E-state index in [0.717, 1.165) is 66.4 Å². The van der Waals surface area contributed by atoms with Crippen molar-refractivity contribution >= 4 is 22.8 Å². The highest BCUT2D eigenvalue weighted by atomic mass is 16.2. The molecule has 3 N–H and O–H groups in total. The molecule has 3 aromatic rings. The number of rotatable bonds is 5. The summed E-state index contributed by atoms with van der Waals surface area (Å²) in [5, 5.41) is 6.69. The number of H-pyrrole nitrogens is 1. The van der Waals surface area contributed by atoms with Gasteiger partial charge >= 0.3 is 0 Å². The van der Waals surface area contributed by atoms with Crippen LogP contribution in [0.4, 0.5) is 0 Å². The molecule has 1 heterocycles. The van der Waals surface area contributed by atoms with Crippen molar-refractivity contribution in [3.05, 3.63) is 53.6 Å². The summed E-state index contributed by atoms with van der Waals surface area (Å²) in [6, 6.07) is 13.7. The predicted molar refractivity (Wildman–Crippen MR) is 149 cm³/mol. The first-order valence-electron chi connectivity index (χ1n) is 14.6. The summed E-state index contributed by atoms with van der Waals surface area (Å²) in [6.07, 6.45) is 13.2. The van der Waals surface area contributed by atoms with Crippen LogP contribution in [0.5, 0.6) is 0 Å². The Morgan fingerprint density at radius 2 is 1.61 bits per heavy atom. The second kappa shape index (κ2) is 8.96. The average molecular weight is 511 g/mol. The van der Waals surface area contributed by atoms with E-state index in [0.29, 0.717) is 22.6 Å². The van der Waals surface area contributed by atoms with Gasteiger partial charge in [-0.3, -0.25) is 9.59 Å². The van der Waals surface area contributed by atoms with Gasteiger partial charge in [0.25, 0.3) is 11.8 Å². The number of amides is 2. The van der Waals surface area contributed by atoms with Gasteiger partial charge in [0.05, 0.1) is 11.0 Å². The summed E-state index contributed by atoms with van der Waals surface area (Å²) in [4.78, 5) is 34.2. The molecule has 5 fully saturated rings. The molecule has 0 spiro atoms. The van der Waals surface area contributed by atoms with E-state index in [2.05, 4.69) is 22.5 Å². The first-order chi connectivity index (χ1) is 18.4. The second-order valence-electron chi connectivity index (χ2n) is 13.2. The molecule has 5 aliphatic rings. The first-order valence-corrected chi connectivity index (χ1v) is 14.6. The monoisotopic (exact) mass is 510 g/mol. The molecule has 1 aromatic heterocycles. The highest BCUT2D eigenvalue weighted by molar-refractivity contribution is 5.98. The molecule has 6 nitrogen and oxygen atoms in total. The molecule has 0 aliphatic heterocycles. The van der Waals surface area contributed by atoms with E-state index < -0.39 is 0 Å². The molecular formula is C32H38N4O2. The quantitative estimate of drug-likeness (QED) is 0.372. The van der Waals surface area contributed by atoms with Crippen LogP contribution < -0.4 is 10.6 Å². The molecule has 4 atom stereocenters. The highest BCUT2D eigenvalue weighted by Crippen LogP contribution is 2.61. The normalized spacial score (nSPS) is 30.4. The van der Waals surface area contributed by atoms with Crippen LogP contribution in [0.15, 0.2) is 42.5 Å². The molecule has 198 valence electrons. The molecule has 2 amide bonds. The zero-order chi connectivity index (χ0) is 25.9. The molecular weight excluding hydrogens is 472 g/mol. The van der Waals surface area contributed by atoms with E-state index in [4.69, 9.17) is 4.98 Å². The fourth-order valence-corrected chi connectivity index (χ4v) is 8.76. The number of carbonyl (C=O) groups is 2. The topological polar surface area (TPSA) is 86.9 Å². The Labute approximate surface area is 224 Å². The molecule has 2 aromatic carbocycles. The van der Waals surface area contributed by atoms with Crippen molar-refractivity contribution in [2.24, 2.45) is 17.3 Å². The van der Waals surface area contributed by atoms with Crippen LogP contribution in [0, 0.1) is 17.3 Å². The predicted octanol–water partition coefficient (Wildman–Crippen LogP) is 6.38. The van der Waals surface area contributed by atoms with Crippen molar-refractivity contribution < 1.29 is 9.59 Å². The van der Waals surface area contributed by atoms with Gasteiger partial charge in [-0.1, -0.05) is 38.3 Å². The molecule has 38 heavy (non-hydrogen) atoms. The molecule has 4 bridgehead atoms. The maximum absolute atomic E-state index is 13.4. The molecule has 6 heteroatoms. The van der Waals surface area contributed by atoms with E-state index in [1.54, 1.807) is 0 Å². The smallest absolute Gasteiger partial charge is 0.251 e. The van der Waals surface area contributed by atoms with Crippen molar-refractivity contribution in [1.29, 1.82) is 0 Å². The number of hydrogen-bond acceptors (Lipinski definition) is 3. The third kappa shape index (κ3) is 4.42. The fraction of sp³-hybridized carbons (Fsp3) is 0.531. The van der Waals surface area contributed by atoms with Gasteiger partial charge in [-0.2, -0.15) is 0 Å². The zero-order valence-electron chi connectivity index (χ0n) is 22.3. The van der Waals surface area contributed by atoms with Gasteiger partial charge in [-0.15, -0.1) is 0 Å². The Morgan fingerprint density at radius 1 is 0.895 bits per heavy atom. The Morgan fingerprint density at radius 3 is 2.32 bits per heavy atom. The first kappa shape index (κ1) is 23.9. The van der Waals surface area contributed by atoms with Crippen molar-refractivity contribution in [3.63, 3.8) is 0 Å². The summed E-state index contributed by atoms with van der Waals surface area (Å²) in [5.74, 6) is 2.30. The van der Waals surface area contributed by atoms with Crippen molar-refractivity contribution in [1.82, 2.24) is 20.6 Å². The second-order valence-corrected chi connectivity index (χ2v) is 13.2. The van der Waals surface area contributed by atoms with Gasteiger partial charge in [0.2, 0.25) is 0 Å². The van der Waals surface area contributed by atoms with Crippen molar-refractivity contribution in [2.75, 3.05) is 0 Å². The highest BCUT2D eigenvalue weighted by Gasteiger charge is 2.56. The lowest BCUT2D eigenvalue weighted by Crippen LogP contribution is -2.62. The van der Waals surface area contributed by atoms with Crippen LogP contribution in [-0.2, 0) is 0 Å². The molecule has 2 unspecified atom stereocenters. The molecule has 5 saturated carbocycles. The maximum Gasteiger partial charge on any atom is 0.251 e. The van der Waals surface area contributed by atoms with Gasteiger partial charge in [-0.05, 0) is 98.9 Å². The maximum atomic E-state index is 13.4. The van der Waals surface area contributed by atoms with Gasteiger partial charge < -0.3 is 15.6 Å². The number of benzene rings is 2. The van der Waals surface area contributed by atoms with Gasteiger partial charge in [0.1, 0.15) is 5.82 Å². The Hall–Kier alpha value is -3.15. The zero-order valence-corrected chi connectivity index (χ0v) is 22.3. The summed E-state index contributed by atoms with van der Waals surface area (Å²) in [7, 11) is 0. The lowest BCUT2D eigenvalue weighted by atomic mass is 9.47. The van der Waals surface area contributed by atoms with E-state index in [9.17, 15) is 9.59 Å². The Bertz CT molecular complexity index is 1370. The minimum atomic E-state index is -0.0327. The molecule has 8 rings (SSSR count). The summed E-state index contributed by atoms with van der Waals surface area (Å²) >= 11 is 0. The number of hydrogen-bond donors (Lipinski definition) is 3. The lowest BCUT2D eigenvalue weighted by molar-refractivity contribution is -0.0680. The van der Waals surface area contributed by atoms with Crippen molar-refractivity contribution in [3.8, 4) is 11.4 Å². The minimum absolute atomic E-state index is 0.00303. The average Bonchev–Trinajstić information content (AvgIpc) is 3.31. The Kier molecular flexibility index (Phi) is 5.64.